The van der Waals surface area contributed by atoms with Crippen LogP contribution in [0.15, 0.2) is 53.4 Å². The quantitative estimate of drug-likeness (QED) is 0.581. The van der Waals surface area contributed by atoms with Gasteiger partial charge in [-0.15, -0.1) is 0 Å². The number of anilines is 1. The van der Waals surface area contributed by atoms with Crippen LogP contribution >= 0.6 is 34.8 Å². The number of rotatable bonds is 6. The van der Waals surface area contributed by atoms with Gasteiger partial charge in [0.2, 0.25) is 0 Å². The molecule has 0 unspecified atom stereocenters. The van der Waals surface area contributed by atoms with E-state index in [0.29, 0.717) is 10.0 Å². The predicted octanol–water partition coefficient (Wildman–Crippen LogP) is 4.96. The van der Waals surface area contributed by atoms with Crippen LogP contribution in [0.4, 0.5) is 5.69 Å². The zero-order valence-corrected chi connectivity index (χ0v) is 18.1. The third-order valence-electron chi connectivity index (χ3n) is 5.52. The van der Waals surface area contributed by atoms with Crippen LogP contribution in [0.25, 0.3) is 0 Å². The Hall–Kier alpha value is -1.17. The highest BCUT2D eigenvalue weighted by molar-refractivity contribution is 6.43. The molecule has 28 heavy (non-hydrogen) atoms. The monoisotopic (exact) mass is 438 g/mol. The first-order chi connectivity index (χ1) is 13.6. The van der Waals surface area contributed by atoms with E-state index in [1.165, 1.54) is 18.5 Å². The Morgan fingerprint density at radius 2 is 1.68 bits per heavy atom. The number of halogens is 3. The molecule has 3 aliphatic rings. The van der Waals surface area contributed by atoms with Gasteiger partial charge in [-0.1, -0.05) is 40.9 Å². The van der Waals surface area contributed by atoms with E-state index < -0.39 is 0 Å². The fourth-order valence-electron chi connectivity index (χ4n) is 3.95. The Balaban J connectivity index is 1.18. The number of hydrogen-bond acceptors (Lipinski definition) is 4. The van der Waals surface area contributed by atoms with Crippen molar-refractivity contribution in [3.05, 3.63) is 63.4 Å². The average Bonchev–Trinajstić information content (AvgIpc) is 3.10. The summed E-state index contributed by atoms with van der Waals surface area (Å²) in [6.07, 6.45) is 10.6. The van der Waals surface area contributed by atoms with Crippen LogP contribution in [-0.2, 0) is 0 Å². The molecule has 0 bridgehead atoms. The summed E-state index contributed by atoms with van der Waals surface area (Å²) in [5.41, 5.74) is 2.27. The van der Waals surface area contributed by atoms with Crippen LogP contribution < -0.4 is 4.90 Å². The molecule has 3 aliphatic heterocycles. The van der Waals surface area contributed by atoms with E-state index in [1.807, 2.05) is 24.4 Å². The van der Waals surface area contributed by atoms with Crippen LogP contribution in [0.2, 0.25) is 10.0 Å². The first kappa shape index (κ1) is 20.1. The summed E-state index contributed by atoms with van der Waals surface area (Å²) in [5, 5.41) is 6.59. The van der Waals surface area contributed by atoms with Gasteiger partial charge in [0.05, 0.1) is 26.5 Å². The van der Waals surface area contributed by atoms with Crippen molar-refractivity contribution < 1.29 is 0 Å². The molecule has 0 amide bonds. The summed E-state index contributed by atoms with van der Waals surface area (Å²) >= 11 is 18.7. The Morgan fingerprint density at radius 1 is 0.893 bits per heavy atom. The van der Waals surface area contributed by atoms with Gasteiger partial charge >= 0.3 is 0 Å². The minimum atomic E-state index is 0.626. The molecule has 1 aromatic carbocycles. The molecule has 0 aromatic heterocycles. The van der Waals surface area contributed by atoms with E-state index in [1.54, 1.807) is 0 Å². The lowest BCUT2D eigenvalue weighted by Gasteiger charge is -2.36. The van der Waals surface area contributed by atoms with E-state index in [4.69, 9.17) is 34.8 Å². The summed E-state index contributed by atoms with van der Waals surface area (Å²) in [6.45, 7) is 7.25. The van der Waals surface area contributed by atoms with E-state index in [-0.39, 0.29) is 0 Å². The standard InChI is InChI=1S/C21H25Cl3N4/c22-17-6-7-18-8-11-27(28(18)16-17)10-2-1-9-25-12-14-26(15-13-25)20-5-3-4-19(23)21(20)24/h3-8,16H,1-2,9-15H2. The maximum atomic E-state index is 6.37. The number of allylic oxidation sites excluding steroid dienone is 3. The van der Waals surface area contributed by atoms with Crippen molar-refractivity contribution in [3.63, 3.8) is 0 Å². The summed E-state index contributed by atoms with van der Waals surface area (Å²) in [6, 6.07) is 5.86. The second-order valence-electron chi connectivity index (χ2n) is 7.34. The van der Waals surface area contributed by atoms with Crippen LogP contribution in [-0.4, -0.2) is 60.7 Å². The second kappa shape index (κ2) is 9.10. The zero-order chi connectivity index (χ0) is 19.5. The molecule has 7 heteroatoms. The number of benzene rings is 1. The molecule has 1 aromatic rings. The second-order valence-corrected chi connectivity index (χ2v) is 8.56. The highest BCUT2D eigenvalue weighted by atomic mass is 35.5. The molecule has 4 nitrogen and oxygen atoms in total. The molecule has 0 atom stereocenters. The molecule has 0 radical (unpaired) electrons. The predicted molar refractivity (Wildman–Crippen MR) is 119 cm³/mol. The Bertz CT molecular complexity index is 797. The van der Waals surface area contributed by atoms with Crippen molar-refractivity contribution in [2.45, 2.75) is 12.8 Å². The minimum Gasteiger partial charge on any atom is -0.368 e. The van der Waals surface area contributed by atoms with Crippen molar-refractivity contribution in [1.82, 2.24) is 14.9 Å². The number of hydrazine groups is 1. The topological polar surface area (TPSA) is 13.0 Å². The summed E-state index contributed by atoms with van der Waals surface area (Å²) in [5.74, 6) is 0. The Morgan fingerprint density at radius 3 is 2.50 bits per heavy atom. The van der Waals surface area contributed by atoms with E-state index >= 15 is 0 Å². The molecule has 0 N–H and O–H groups in total. The smallest absolute Gasteiger partial charge is 0.0825 e. The van der Waals surface area contributed by atoms with Gasteiger partial charge in [-0.05, 0) is 49.7 Å². The number of unbranched alkanes of at least 4 members (excludes halogenated alkanes) is 1. The minimum absolute atomic E-state index is 0.626. The van der Waals surface area contributed by atoms with Gasteiger partial charge in [0, 0.05) is 45.5 Å². The highest BCUT2D eigenvalue weighted by Crippen LogP contribution is 2.33. The van der Waals surface area contributed by atoms with Gasteiger partial charge in [-0.2, -0.15) is 0 Å². The molecule has 0 aliphatic carbocycles. The van der Waals surface area contributed by atoms with Gasteiger partial charge in [0.15, 0.2) is 0 Å². The normalized spacial score (nSPS) is 20.4. The first-order valence-electron chi connectivity index (χ1n) is 9.83. The van der Waals surface area contributed by atoms with Gasteiger partial charge in [-0.3, -0.25) is 9.91 Å². The number of piperazine rings is 1. The summed E-state index contributed by atoms with van der Waals surface area (Å²) in [7, 11) is 0. The van der Waals surface area contributed by atoms with Crippen molar-refractivity contribution in [3.8, 4) is 0 Å². The SMILES string of the molecule is ClC1=CN2C(=CCN2CCCCN2CCN(c3cccc(Cl)c3Cl)CC2)C=C1. The summed E-state index contributed by atoms with van der Waals surface area (Å²) < 4.78 is 0. The fraction of sp³-hybridized carbons (Fsp3) is 0.429. The molecule has 4 rings (SSSR count). The van der Waals surface area contributed by atoms with Crippen molar-refractivity contribution in [1.29, 1.82) is 0 Å². The van der Waals surface area contributed by atoms with Crippen LogP contribution in [0.1, 0.15) is 12.8 Å². The summed E-state index contributed by atoms with van der Waals surface area (Å²) in [4.78, 5) is 4.88. The molecular formula is C21H25Cl3N4. The molecule has 0 saturated carbocycles. The third-order valence-corrected chi connectivity index (χ3v) is 6.56. The maximum Gasteiger partial charge on any atom is 0.0825 e. The van der Waals surface area contributed by atoms with Crippen molar-refractivity contribution >= 4 is 40.5 Å². The van der Waals surface area contributed by atoms with E-state index in [0.717, 1.165) is 56.5 Å². The lowest BCUT2D eigenvalue weighted by Crippen LogP contribution is -2.46. The van der Waals surface area contributed by atoms with Crippen molar-refractivity contribution in [2.75, 3.05) is 50.7 Å². The first-order valence-corrected chi connectivity index (χ1v) is 11.0. The molecule has 1 fully saturated rings. The van der Waals surface area contributed by atoms with Crippen LogP contribution in [0.5, 0.6) is 0 Å². The molecule has 3 heterocycles. The number of hydrogen-bond donors (Lipinski definition) is 0. The number of fused-ring (bicyclic) bond motifs is 1. The fourth-order valence-corrected chi connectivity index (χ4v) is 4.52. The number of nitrogens with zero attached hydrogens (tertiary/aromatic N) is 4. The van der Waals surface area contributed by atoms with Gasteiger partial charge in [-0.25, -0.2) is 5.01 Å². The lowest BCUT2D eigenvalue weighted by atomic mass is 10.2. The molecule has 150 valence electrons. The molecular weight excluding hydrogens is 415 g/mol. The maximum absolute atomic E-state index is 6.37. The Kier molecular flexibility index (Phi) is 6.54. The van der Waals surface area contributed by atoms with Gasteiger partial charge in [0.1, 0.15) is 0 Å². The van der Waals surface area contributed by atoms with Gasteiger partial charge in [0.25, 0.3) is 0 Å². The molecule has 0 spiro atoms. The Labute approximate surface area is 182 Å². The highest BCUT2D eigenvalue weighted by Gasteiger charge is 2.23. The van der Waals surface area contributed by atoms with Crippen LogP contribution in [0, 0.1) is 0 Å². The third kappa shape index (κ3) is 4.52. The lowest BCUT2D eigenvalue weighted by molar-refractivity contribution is 0.0894. The largest absolute Gasteiger partial charge is 0.368 e. The van der Waals surface area contributed by atoms with Crippen LogP contribution in [0.3, 0.4) is 0 Å². The molecule has 1 saturated heterocycles. The average molecular weight is 440 g/mol. The van der Waals surface area contributed by atoms with Gasteiger partial charge < -0.3 is 4.90 Å². The van der Waals surface area contributed by atoms with E-state index in [9.17, 15) is 0 Å². The zero-order valence-electron chi connectivity index (χ0n) is 15.8. The van der Waals surface area contributed by atoms with E-state index in [2.05, 4.69) is 38.0 Å². The van der Waals surface area contributed by atoms with Crippen molar-refractivity contribution in [2.24, 2.45) is 0 Å².